The van der Waals surface area contributed by atoms with Crippen molar-refractivity contribution >= 4 is 45.4 Å². The number of amides is 1. The number of piperazine rings is 1. The maximum absolute atomic E-state index is 13.0. The van der Waals surface area contributed by atoms with Crippen LogP contribution in [0.5, 0.6) is 5.75 Å². The Bertz CT molecular complexity index is 1090. The fourth-order valence-electron chi connectivity index (χ4n) is 3.70. The topological polar surface area (TPSA) is 57.7 Å². The summed E-state index contributed by atoms with van der Waals surface area (Å²) in [6.07, 6.45) is 0. The van der Waals surface area contributed by atoms with Crippen LogP contribution in [0.1, 0.15) is 21.6 Å². The van der Waals surface area contributed by atoms with Gasteiger partial charge < -0.3 is 19.9 Å². The van der Waals surface area contributed by atoms with Gasteiger partial charge in [-0.2, -0.15) is 0 Å². The highest BCUT2D eigenvalue weighted by Crippen LogP contribution is 2.30. The number of benzene rings is 2. The Labute approximate surface area is 191 Å². The third kappa shape index (κ3) is 4.78. The van der Waals surface area contributed by atoms with Crippen LogP contribution in [0.3, 0.4) is 0 Å². The number of halogens is 1. The molecule has 162 valence electrons. The second-order valence-corrected chi connectivity index (χ2v) is 8.87. The van der Waals surface area contributed by atoms with Crippen molar-refractivity contribution in [1.82, 2.24) is 9.88 Å². The Kier molecular flexibility index (Phi) is 6.34. The van der Waals surface area contributed by atoms with E-state index in [1.165, 1.54) is 16.9 Å². The fraction of sp³-hybridized carbons (Fsp3) is 0.304. The predicted molar refractivity (Wildman–Crippen MR) is 127 cm³/mol. The van der Waals surface area contributed by atoms with Crippen molar-refractivity contribution in [3.8, 4) is 5.75 Å². The lowest BCUT2D eigenvalue weighted by Gasteiger charge is -2.36. The molecule has 1 N–H and O–H groups in total. The molecule has 0 bridgehead atoms. The zero-order chi connectivity index (χ0) is 22.0. The molecule has 0 radical (unpaired) electrons. The summed E-state index contributed by atoms with van der Waals surface area (Å²) in [6, 6.07) is 11.8. The molecule has 1 amide bonds. The highest BCUT2D eigenvalue weighted by molar-refractivity contribution is 7.14. The van der Waals surface area contributed by atoms with Crippen LogP contribution in [-0.4, -0.2) is 49.1 Å². The maximum Gasteiger partial charge on any atom is 0.273 e. The first kappa shape index (κ1) is 21.5. The summed E-state index contributed by atoms with van der Waals surface area (Å²) in [5, 5.41) is 6.48. The highest BCUT2D eigenvalue weighted by Gasteiger charge is 2.25. The third-order valence-electron chi connectivity index (χ3n) is 5.40. The van der Waals surface area contributed by atoms with Gasteiger partial charge in [-0.1, -0.05) is 23.7 Å². The molecule has 0 atom stereocenters. The highest BCUT2D eigenvalue weighted by atomic mass is 35.5. The van der Waals surface area contributed by atoms with Gasteiger partial charge in [0, 0.05) is 42.3 Å². The fourth-order valence-corrected chi connectivity index (χ4v) is 4.56. The zero-order valence-electron chi connectivity index (χ0n) is 17.8. The number of thiazole rings is 1. The molecule has 1 aromatic heterocycles. The molecule has 3 aromatic rings. The van der Waals surface area contributed by atoms with E-state index in [2.05, 4.69) is 22.1 Å². The normalized spacial score (nSPS) is 13.9. The lowest BCUT2D eigenvalue weighted by atomic mass is 10.1. The molecule has 1 fully saturated rings. The van der Waals surface area contributed by atoms with Gasteiger partial charge in [0.05, 0.1) is 12.8 Å². The van der Waals surface area contributed by atoms with Gasteiger partial charge in [-0.15, -0.1) is 11.3 Å². The van der Waals surface area contributed by atoms with Gasteiger partial charge in [-0.25, -0.2) is 4.98 Å². The van der Waals surface area contributed by atoms with E-state index in [-0.39, 0.29) is 5.91 Å². The van der Waals surface area contributed by atoms with Crippen LogP contribution in [-0.2, 0) is 0 Å². The number of carbonyl (C=O) groups is 1. The van der Waals surface area contributed by atoms with E-state index >= 15 is 0 Å². The Hall–Kier alpha value is -2.77. The van der Waals surface area contributed by atoms with Crippen LogP contribution < -0.4 is 15.0 Å². The van der Waals surface area contributed by atoms with E-state index in [1.54, 1.807) is 12.5 Å². The second-order valence-electron chi connectivity index (χ2n) is 7.58. The van der Waals surface area contributed by atoms with E-state index < -0.39 is 0 Å². The van der Waals surface area contributed by atoms with Crippen LogP contribution in [0.2, 0.25) is 5.02 Å². The van der Waals surface area contributed by atoms with Gasteiger partial charge in [-0.05, 0) is 49.2 Å². The number of nitrogens with one attached hydrogen (secondary N) is 1. The monoisotopic (exact) mass is 456 g/mol. The minimum absolute atomic E-state index is 0.0389. The number of aryl methyl sites for hydroxylation is 2. The summed E-state index contributed by atoms with van der Waals surface area (Å²) in [5.41, 5.74) is 4.73. The van der Waals surface area contributed by atoms with E-state index in [4.69, 9.17) is 16.3 Å². The molecule has 1 aliphatic heterocycles. The van der Waals surface area contributed by atoms with Crippen molar-refractivity contribution in [3.63, 3.8) is 0 Å². The summed E-state index contributed by atoms with van der Waals surface area (Å²) in [5.74, 6) is 0.698. The van der Waals surface area contributed by atoms with Crippen molar-refractivity contribution < 1.29 is 9.53 Å². The third-order valence-corrected chi connectivity index (χ3v) is 6.39. The number of anilines is 3. The van der Waals surface area contributed by atoms with Crippen LogP contribution in [0.4, 0.5) is 16.5 Å². The number of hydrogen-bond acceptors (Lipinski definition) is 6. The Morgan fingerprint density at radius 1 is 1.13 bits per heavy atom. The average molecular weight is 457 g/mol. The molecule has 0 aliphatic carbocycles. The van der Waals surface area contributed by atoms with Crippen LogP contribution in [0.25, 0.3) is 0 Å². The zero-order valence-corrected chi connectivity index (χ0v) is 19.4. The number of carbonyl (C=O) groups excluding carboxylic acids is 1. The lowest BCUT2D eigenvalue weighted by molar-refractivity contribution is 0.0742. The van der Waals surface area contributed by atoms with Crippen LogP contribution >= 0.6 is 22.9 Å². The van der Waals surface area contributed by atoms with Crippen molar-refractivity contribution in [2.75, 3.05) is 43.5 Å². The molecule has 2 heterocycles. The molecule has 0 spiro atoms. The molecular weight excluding hydrogens is 432 g/mol. The summed E-state index contributed by atoms with van der Waals surface area (Å²) in [4.78, 5) is 21.6. The molecule has 4 rings (SSSR count). The molecule has 1 saturated heterocycles. The smallest absolute Gasteiger partial charge is 0.273 e. The van der Waals surface area contributed by atoms with Gasteiger partial charge in [0.1, 0.15) is 11.4 Å². The van der Waals surface area contributed by atoms with Crippen molar-refractivity contribution in [2.45, 2.75) is 13.8 Å². The molecule has 6 nitrogen and oxygen atoms in total. The molecule has 8 heteroatoms. The van der Waals surface area contributed by atoms with E-state index in [1.807, 2.05) is 48.2 Å². The first-order chi connectivity index (χ1) is 14.9. The van der Waals surface area contributed by atoms with Crippen molar-refractivity contribution in [2.24, 2.45) is 0 Å². The van der Waals surface area contributed by atoms with Gasteiger partial charge in [0.25, 0.3) is 5.91 Å². The molecule has 0 saturated carbocycles. The minimum Gasteiger partial charge on any atom is -0.495 e. The summed E-state index contributed by atoms with van der Waals surface area (Å²) in [6.45, 7) is 6.93. The molecule has 1 aliphatic rings. The number of methoxy groups -OCH3 is 1. The predicted octanol–water partition coefficient (Wildman–Crippen LogP) is 5.13. The van der Waals surface area contributed by atoms with Crippen LogP contribution in [0.15, 0.2) is 41.8 Å². The molecule has 2 aromatic carbocycles. The van der Waals surface area contributed by atoms with E-state index in [0.717, 1.165) is 40.8 Å². The van der Waals surface area contributed by atoms with E-state index in [9.17, 15) is 4.79 Å². The quantitative estimate of drug-likeness (QED) is 0.576. The summed E-state index contributed by atoms with van der Waals surface area (Å²) in [7, 11) is 1.64. The average Bonchev–Trinajstić information content (AvgIpc) is 3.24. The largest absolute Gasteiger partial charge is 0.495 e. The van der Waals surface area contributed by atoms with Gasteiger partial charge in [0.15, 0.2) is 5.13 Å². The van der Waals surface area contributed by atoms with Gasteiger partial charge in [-0.3, -0.25) is 4.79 Å². The number of rotatable bonds is 5. The second kappa shape index (κ2) is 9.16. The van der Waals surface area contributed by atoms with Crippen LogP contribution in [0, 0.1) is 13.8 Å². The summed E-state index contributed by atoms with van der Waals surface area (Å²) < 4.78 is 5.41. The summed E-state index contributed by atoms with van der Waals surface area (Å²) >= 11 is 7.58. The van der Waals surface area contributed by atoms with Gasteiger partial charge >= 0.3 is 0 Å². The standard InChI is InChI=1S/C23H25ClN4O2S/c1-15-4-7-21(30-3)18(12-15)25-23-26-19(14-31-23)22(29)28-10-8-27(9-11-28)20-13-17(24)6-5-16(20)2/h4-7,12-14H,8-11H2,1-3H3,(H,25,26). The minimum atomic E-state index is -0.0389. The van der Waals surface area contributed by atoms with E-state index in [0.29, 0.717) is 23.9 Å². The van der Waals surface area contributed by atoms with Crippen molar-refractivity contribution in [3.05, 3.63) is 63.6 Å². The number of aromatic nitrogens is 1. The van der Waals surface area contributed by atoms with Crippen molar-refractivity contribution in [1.29, 1.82) is 0 Å². The first-order valence-electron chi connectivity index (χ1n) is 10.1. The molecule has 0 unspecified atom stereocenters. The molecule has 31 heavy (non-hydrogen) atoms. The maximum atomic E-state index is 13.0. The Balaban J connectivity index is 1.41. The Morgan fingerprint density at radius 2 is 1.90 bits per heavy atom. The van der Waals surface area contributed by atoms with Gasteiger partial charge in [0.2, 0.25) is 0 Å². The first-order valence-corrected chi connectivity index (χ1v) is 11.4. The SMILES string of the molecule is COc1ccc(C)cc1Nc1nc(C(=O)N2CCN(c3cc(Cl)ccc3C)CC2)cs1. The number of hydrogen-bond donors (Lipinski definition) is 1. The number of nitrogens with zero attached hydrogens (tertiary/aromatic N) is 3. The Morgan fingerprint density at radius 3 is 2.65 bits per heavy atom. The molecular formula is C23H25ClN4O2S. The number of ether oxygens (including phenoxy) is 1. The lowest BCUT2D eigenvalue weighted by Crippen LogP contribution is -2.49.